The summed E-state index contributed by atoms with van der Waals surface area (Å²) in [6, 6.07) is 19.1. The molecule has 0 saturated carbocycles. The average Bonchev–Trinajstić information content (AvgIpc) is 2.91. The van der Waals surface area contributed by atoms with Crippen LogP contribution < -0.4 is 15.8 Å². The minimum atomic E-state index is -0.505. The van der Waals surface area contributed by atoms with Gasteiger partial charge in [0.1, 0.15) is 11.4 Å². The van der Waals surface area contributed by atoms with Crippen molar-refractivity contribution in [1.29, 1.82) is 0 Å². The quantitative estimate of drug-likeness (QED) is 0.336. The molecule has 8 nitrogen and oxygen atoms in total. The van der Waals surface area contributed by atoms with Gasteiger partial charge in [0, 0.05) is 78.4 Å². The molecule has 1 aliphatic rings. The number of carbonyl (C=O) groups is 1. The van der Waals surface area contributed by atoms with Crippen LogP contribution in [0.5, 0.6) is 0 Å². The van der Waals surface area contributed by atoms with Gasteiger partial charge in [-0.3, -0.25) is 4.79 Å². The number of hydrogen-bond donors (Lipinski definition) is 1. The molecule has 0 atom stereocenters. The maximum atomic E-state index is 13.2. The maximum absolute atomic E-state index is 13.2. The van der Waals surface area contributed by atoms with E-state index in [0.29, 0.717) is 48.1 Å². The van der Waals surface area contributed by atoms with Crippen LogP contribution in [0, 0.1) is 0 Å². The third-order valence-electron chi connectivity index (χ3n) is 6.69. The van der Waals surface area contributed by atoms with Crippen molar-refractivity contribution >= 4 is 45.8 Å². The zero-order chi connectivity index (χ0) is 27.7. The summed E-state index contributed by atoms with van der Waals surface area (Å²) in [5, 5.41) is 4.75. The molecule has 0 radical (unpaired) electrons. The number of nitrogens with zero attached hydrogens (tertiary/aromatic N) is 4. The van der Waals surface area contributed by atoms with Crippen LogP contribution in [-0.2, 0) is 11.8 Å². The Morgan fingerprint density at radius 1 is 0.974 bits per heavy atom. The van der Waals surface area contributed by atoms with Gasteiger partial charge in [-0.15, -0.1) is 0 Å². The van der Waals surface area contributed by atoms with Crippen molar-refractivity contribution in [2.45, 2.75) is 26.4 Å². The van der Waals surface area contributed by atoms with Crippen molar-refractivity contribution in [1.82, 2.24) is 14.5 Å². The summed E-state index contributed by atoms with van der Waals surface area (Å²) in [4.78, 5) is 34.2. The Labute approximate surface area is 232 Å². The molecule has 4 aromatic rings. The Hall–Kier alpha value is -4.04. The van der Waals surface area contributed by atoms with Gasteiger partial charge in [0.2, 0.25) is 0 Å². The first kappa shape index (κ1) is 26.6. The summed E-state index contributed by atoms with van der Waals surface area (Å²) in [7, 11) is 1.76. The van der Waals surface area contributed by atoms with Gasteiger partial charge in [-0.2, -0.15) is 0 Å². The number of anilines is 3. The maximum Gasteiger partial charge on any atom is 0.410 e. The van der Waals surface area contributed by atoms with Crippen LogP contribution in [0.1, 0.15) is 20.8 Å². The number of pyridine rings is 2. The average molecular weight is 546 g/mol. The lowest BCUT2D eigenvalue weighted by molar-refractivity contribution is 0.0240. The van der Waals surface area contributed by atoms with Crippen LogP contribution in [0.15, 0.2) is 71.7 Å². The number of halogens is 1. The molecule has 2 aromatic carbocycles. The largest absolute Gasteiger partial charge is 0.444 e. The molecule has 0 unspecified atom stereocenters. The van der Waals surface area contributed by atoms with Gasteiger partial charge < -0.3 is 24.4 Å². The topological polar surface area (TPSA) is 79.7 Å². The second kappa shape index (κ2) is 10.6. The zero-order valence-electron chi connectivity index (χ0n) is 22.6. The monoisotopic (exact) mass is 545 g/mol. The van der Waals surface area contributed by atoms with E-state index in [-0.39, 0.29) is 11.7 Å². The number of fused-ring (bicyclic) bond motifs is 1. The summed E-state index contributed by atoms with van der Waals surface area (Å²) in [5.41, 5.74) is 3.32. The molecule has 2 aromatic heterocycles. The fraction of sp³-hybridized carbons (Fsp3) is 0.300. The molecule has 5 rings (SSSR count). The van der Waals surface area contributed by atoms with Crippen LogP contribution in [-0.4, -0.2) is 52.3 Å². The molecule has 1 aliphatic heterocycles. The van der Waals surface area contributed by atoms with Gasteiger partial charge in [-0.1, -0.05) is 35.9 Å². The highest BCUT2D eigenvalue weighted by molar-refractivity contribution is 6.33. The highest BCUT2D eigenvalue weighted by Crippen LogP contribution is 2.29. The number of benzene rings is 2. The number of piperazine rings is 1. The molecule has 0 spiro atoms. The van der Waals surface area contributed by atoms with E-state index in [0.717, 1.165) is 22.3 Å². The van der Waals surface area contributed by atoms with E-state index in [1.54, 1.807) is 28.8 Å². The Bertz CT molecular complexity index is 1590. The fourth-order valence-electron chi connectivity index (χ4n) is 4.71. The van der Waals surface area contributed by atoms with E-state index < -0.39 is 5.60 Å². The molecular formula is C30H32ClN5O3. The molecule has 1 saturated heterocycles. The minimum absolute atomic E-state index is 0.125. The van der Waals surface area contributed by atoms with Crippen molar-refractivity contribution in [3.8, 4) is 11.1 Å². The van der Waals surface area contributed by atoms with Crippen molar-refractivity contribution in [3.05, 3.63) is 82.2 Å². The molecule has 0 bridgehead atoms. The molecule has 3 heterocycles. The van der Waals surface area contributed by atoms with E-state index in [2.05, 4.69) is 27.3 Å². The molecule has 0 aliphatic carbocycles. The van der Waals surface area contributed by atoms with E-state index in [1.165, 1.54) is 0 Å². The van der Waals surface area contributed by atoms with Gasteiger partial charge in [0.05, 0.1) is 5.52 Å². The first-order chi connectivity index (χ1) is 18.6. The van der Waals surface area contributed by atoms with Crippen molar-refractivity contribution in [3.63, 3.8) is 0 Å². The Kier molecular flexibility index (Phi) is 7.23. The molecule has 202 valence electrons. The van der Waals surface area contributed by atoms with Crippen LogP contribution >= 0.6 is 11.6 Å². The summed E-state index contributed by atoms with van der Waals surface area (Å²) in [6.07, 6.45) is 1.49. The van der Waals surface area contributed by atoms with Crippen LogP contribution in [0.2, 0.25) is 5.02 Å². The summed E-state index contributed by atoms with van der Waals surface area (Å²) >= 11 is 6.36. The lowest BCUT2D eigenvalue weighted by Crippen LogP contribution is -2.50. The third-order valence-corrected chi connectivity index (χ3v) is 7.02. The summed E-state index contributed by atoms with van der Waals surface area (Å²) < 4.78 is 7.13. The number of amides is 1. The highest BCUT2D eigenvalue weighted by Gasteiger charge is 2.26. The normalized spacial score (nSPS) is 14.0. The van der Waals surface area contributed by atoms with E-state index in [9.17, 15) is 9.59 Å². The van der Waals surface area contributed by atoms with Crippen LogP contribution in [0.25, 0.3) is 22.0 Å². The number of ether oxygens (including phenoxy) is 1. The zero-order valence-corrected chi connectivity index (χ0v) is 23.3. The standard InChI is InChI=1S/C30H32ClN5O3/c1-30(2,3)39-29(38)36-14-12-35(13-15-36)22-9-7-8-21(17-22)33-27-18-26-20(19-32-27)16-24(28(37)34(26)4)23-10-5-6-11-25(23)31/h5-11,16-19H,12-15H2,1-4H3,(H,32,33). The summed E-state index contributed by atoms with van der Waals surface area (Å²) in [5.74, 6) is 0.634. The van der Waals surface area contributed by atoms with Gasteiger partial charge >= 0.3 is 6.09 Å². The second-order valence-electron chi connectivity index (χ2n) is 10.7. The predicted octanol–water partition coefficient (Wildman–Crippen LogP) is 6.05. The Morgan fingerprint density at radius 3 is 2.44 bits per heavy atom. The van der Waals surface area contributed by atoms with E-state index in [4.69, 9.17) is 16.3 Å². The number of aryl methyl sites for hydroxylation is 1. The first-order valence-corrected chi connectivity index (χ1v) is 13.3. The lowest BCUT2D eigenvalue weighted by atomic mass is 10.1. The fourth-order valence-corrected chi connectivity index (χ4v) is 4.94. The molecule has 39 heavy (non-hydrogen) atoms. The first-order valence-electron chi connectivity index (χ1n) is 12.9. The molecular weight excluding hydrogens is 514 g/mol. The molecule has 1 amide bonds. The van der Waals surface area contributed by atoms with Gasteiger partial charge in [0.25, 0.3) is 5.56 Å². The number of carbonyl (C=O) groups excluding carboxylic acids is 1. The minimum Gasteiger partial charge on any atom is -0.444 e. The molecule has 1 N–H and O–H groups in total. The number of aromatic nitrogens is 2. The Morgan fingerprint density at radius 2 is 1.72 bits per heavy atom. The van der Waals surface area contributed by atoms with Crippen LogP contribution in [0.3, 0.4) is 0 Å². The van der Waals surface area contributed by atoms with Gasteiger partial charge in [-0.25, -0.2) is 9.78 Å². The predicted molar refractivity (Wildman–Crippen MR) is 157 cm³/mol. The highest BCUT2D eigenvalue weighted by atomic mass is 35.5. The lowest BCUT2D eigenvalue weighted by Gasteiger charge is -2.36. The SMILES string of the molecule is Cn1c(=O)c(-c2ccccc2Cl)cc2cnc(Nc3cccc(N4CCN(C(=O)OC(C)(C)C)CC4)c3)cc21. The van der Waals surface area contributed by atoms with E-state index >= 15 is 0 Å². The smallest absolute Gasteiger partial charge is 0.410 e. The molecule has 1 fully saturated rings. The van der Waals surface area contributed by atoms with E-state index in [1.807, 2.05) is 63.2 Å². The number of nitrogens with one attached hydrogen (secondary N) is 1. The van der Waals surface area contributed by atoms with Crippen molar-refractivity contribution in [2.75, 3.05) is 36.4 Å². The second-order valence-corrected chi connectivity index (χ2v) is 11.1. The van der Waals surface area contributed by atoms with Gasteiger partial charge in [-0.05, 0) is 51.1 Å². The van der Waals surface area contributed by atoms with Crippen molar-refractivity contribution < 1.29 is 9.53 Å². The molecule has 9 heteroatoms. The summed E-state index contributed by atoms with van der Waals surface area (Å²) in [6.45, 7) is 8.26. The van der Waals surface area contributed by atoms with Gasteiger partial charge in [0.15, 0.2) is 0 Å². The van der Waals surface area contributed by atoms with Crippen molar-refractivity contribution in [2.24, 2.45) is 7.05 Å². The Balaban J connectivity index is 1.32. The number of hydrogen-bond acceptors (Lipinski definition) is 6. The van der Waals surface area contributed by atoms with Crippen LogP contribution in [0.4, 0.5) is 22.0 Å². The number of rotatable bonds is 4. The third kappa shape index (κ3) is 5.86.